The van der Waals surface area contributed by atoms with Crippen LogP contribution in [0.15, 0.2) is 0 Å². The summed E-state index contributed by atoms with van der Waals surface area (Å²) in [5.74, 6) is 4.81. The van der Waals surface area contributed by atoms with E-state index in [2.05, 4.69) is 20.8 Å². The molecule has 0 aliphatic heterocycles. The molecular formula is C18H33N. The third kappa shape index (κ3) is 2.73. The highest BCUT2D eigenvalue weighted by atomic mass is 14.7. The largest absolute Gasteiger partial charge is 0.327 e. The van der Waals surface area contributed by atoms with E-state index in [1.807, 2.05) is 0 Å². The van der Waals surface area contributed by atoms with Gasteiger partial charge in [-0.15, -0.1) is 0 Å². The number of rotatable bonds is 3. The van der Waals surface area contributed by atoms with E-state index in [0.29, 0.717) is 11.5 Å². The summed E-state index contributed by atoms with van der Waals surface area (Å²) in [5, 5.41) is 0. The lowest BCUT2D eigenvalue weighted by atomic mass is 9.62. The van der Waals surface area contributed by atoms with Crippen LogP contribution in [0.3, 0.4) is 0 Å². The summed E-state index contributed by atoms with van der Waals surface area (Å²) in [4.78, 5) is 0. The smallest absolute Gasteiger partial charge is 0.00747 e. The van der Waals surface area contributed by atoms with Gasteiger partial charge in [-0.05, 0) is 73.5 Å². The minimum absolute atomic E-state index is 0.456. The zero-order valence-electron chi connectivity index (χ0n) is 13.2. The molecule has 0 amide bonds. The highest BCUT2D eigenvalue weighted by Gasteiger charge is 2.44. The van der Waals surface area contributed by atoms with Gasteiger partial charge in [0.2, 0.25) is 0 Å². The Morgan fingerprint density at radius 3 is 2.37 bits per heavy atom. The lowest BCUT2D eigenvalue weighted by Crippen LogP contribution is -2.44. The molecule has 6 unspecified atom stereocenters. The van der Waals surface area contributed by atoms with E-state index in [0.717, 1.165) is 29.6 Å². The maximum atomic E-state index is 6.51. The van der Waals surface area contributed by atoms with Gasteiger partial charge in [-0.3, -0.25) is 0 Å². The summed E-state index contributed by atoms with van der Waals surface area (Å²) in [6.45, 7) is 7.40. The zero-order valence-corrected chi connectivity index (χ0v) is 13.2. The molecule has 0 aromatic heterocycles. The second kappa shape index (κ2) is 5.06. The Kier molecular flexibility index (Phi) is 3.71. The Bertz CT molecular complexity index is 322. The maximum Gasteiger partial charge on any atom is 0.00747 e. The van der Waals surface area contributed by atoms with Crippen molar-refractivity contribution in [3.63, 3.8) is 0 Å². The van der Waals surface area contributed by atoms with Crippen LogP contribution in [-0.2, 0) is 0 Å². The Hall–Kier alpha value is -0.0400. The van der Waals surface area contributed by atoms with Crippen molar-refractivity contribution in [2.75, 3.05) is 0 Å². The first-order valence-electron chi connectivity index (χ1n) is 8.71. The average Bonchev–Trinajstić information content (AvgIpc) is 2.89. The van der Waals surface area contributed by atoms with Gasteiger partial charge in [0.25, 0.3) is 0 Å². The van der Waals surface area contributed by atoms with Gasteiger partial charge in [-0.2, -0.15) is 0 Å². The monoisotopic (exact) mass is 263 g/mol. The molecule has 3 fully saturated rings. The summed E-state index contributed by atoms with van der Waals surface area (Å²) in [7, 11) is 0. The Balaban J connectivity index is 1.62. The van der Waals surface area contributed by atoms with Crippen LogP contribution in [0.25, 0.3) is 0 Å². The molecule has 110 valence electrons. The predicted octanol–water partition coefficient (Wildman–Crippen LogP) is 4.60. The van der Waals surface area contributed by atoms with Crippen LogP contribution in [0.2, 0.25) is 0 Å². The highest BCUT2D eigenvalue weighted by Crippen LogP contribution is 2.54. The van der Waals surface area contributed by atoms with E-state index >= 15 is 0 Å². The Morgan fingerprint density at radius 2 is 1.79 bits per heavy atom. The summed E-state index contributed by atoms with van der Waals surface area (Å²) in [5.41, 5.74) is 6.97. The minimum Gasteiger partial charge on any atom is -0.327 e. The SMILES string of the molecule is CC1CCC(C(C)(C)CC2CC3CCC2C3)C(N)C1. The quantitative estimate of drug-likeness (QED) is 0.791. The predicted molar refractivity (Wildman–Crippen MR) is 81.8 cm³/mol. The van der Waals surface area contributed by atoms with Crippen molar-refractivity contribution in [3.8, 4) is 0 Å². The Labute approximate surface area is 119 Å². The molecule has 2 bridgehead atoms. The van der Waals surface area contributed by atoms with Gasteiger partial charge in [-0.1, -0.05) is 33.6 Å². The van der Waals surface area contributed by atoms with E-state index in [9.17, 15) is 0 Å². The van der Waals surface area contributed by atoms with Crippen LogP contribution in [0.1, 0.15) is 72.1 Å². The minimum atomic E-state index is 0.456. The Morgan fingerprint density at radius 1 is 1.00 bits per heavy atom. The van der Waals surface area contributed by atoms with Crippen LogP contribution >= 0.6 is 0 Å². The molecule has 1 nitrogen and oxygen atoms in total. The molecule has 0 aromatic rings. The molecule has 3 aliphatic carbocycles. The van der Waals surface area contributed by atoms with Crippen molar-refractivity contribution in [2.45, 2.75) is 78.2 Å². The molecule has 0 heterocycles. The fraction of sp³-hybridized carbons (Fsp3) is 1.00. The van der Waals surface area contributed by atoms with E-state index in [1.54, 1.807) is 6.42 Å². The van der Waals surface area contributed by atoms with Crippen LogP contribution in [0, 0.1) is 35.0 Å². The molecule has 3 rings (SSSR count). The summed E-state index contributed by atoms with van der Waals surface area (Å²) in [6.07, 6.45) is 11.6. The van der Waals surface area contributed by atoms with E-state index in [1.165, 1.54) is 44.9 Å². The fourth-order valence-electron chi connectivity index (χ4n) is 5.85. The van der Waals surface area contributed by atoms with Gasteiger partial charge >= 0.3 is 0 Å². The number of nitrogens with two attached hydrogens (primary N) is 1. The first-order valence-corrected chi connectivity index (χ1v) is 8.71. The zero-order chi connectivity index (χ0) is 13.6. The third-order valence-electron chi connectivity index (χ3n) is 6.84. The van der Waals surface area contributed by atoms with Gasteiger partial charge in [-0.25, -0.2) is 0 Å². The summed E-state index contributed by atoms with van der Waals surface area (Å²) in [6, 6.07) is 0.456. The van der Waals surface area contributed by atoms with E-state index < -0.39 is 0 Å². The molecule has 0 aromatic carbocycles. The molecule has 1 heteroatoms. The van der Waals surface area contributed by atoms with Gasteiger partial charge in [0.1, 0.15) is 0 Å². The van der Waals surface area contributed by atoms with Crippen molar-refractivity contribution in [1.29, 1.82) is 0 Å². The lowest BCUT2D eigenvalue weighted by molar-refractivity contribution is 0.0756. The lowest BCUT2D eigenvalue weighted by Gasteiger charge is -2.45. The molecule has 6 atom stereocenters. The molecule has 0 spiro atoms. The topological polar surface area (TPSA) is 26.0 Å². The molecular weight excluding hydrogens is 230 g/mol. The van der Waals surface area contributed by atoms with Gasteiger partial charge in [0, 0.05) is 6.04 Å². The van der Waals surface area contributed by atoms with Crippen molar-refractivity contribution in [3.05, 3.63) is 0 Å². The molecule has 0 saturated heterocycles. The van der Waals surface area contributed by atoms with Crippen LogP contribution in [0.5, 0.6) is 0 Å². The molecule has 0 radical (unpaired) electrons. The van der Waals surface area contributed by atoms with E-state index in [4.69, 9.17) is 5.73 Å². The molecule has 19 heavy (non-hydrogen) atoms. The third-order valence-corrected chi connectivity index (χ3v) is 6.84. The average molecular weight is 263 g/mol. The van der Waals surface area contributed by atoms with Crippen molar-refractivity contribution >= 4 is 0 Å². The molecule has 3 saturated carbocycles. The molecule has 3 aliphatic rings. The van der Waals surface area contributed by atoms with Gasteiger partial charge in [0.05, 0.1) is 0 Å². The maximum absolute atomic E-state index is 6.51. The normalized spacial score (nSPS) is 46.7. The van der Waals surface area contributed by atoms with Crippen molar-refractivity contribution in [1.82, 2.24) is 0 Å². The van der Waals surface area contributed by atoms with E-state index in [-0.39, 0.29) is 0 Å². The highest BCUT2D eigenvalue weighted by molar-refractivity contribution is 4.96. The number of hydrogen-bond acceptors (Lipinski definition) is 1. The molecule has 2 N–H and O–H groups in total. The van der Waals surface area contributed by atoms with Crippen molar-refractivity contribution in [2.24, 2.45) is 40.7 Å². The second-order valence-electron chi connectivity index (χ2n) is 8.82. The van der Waals surface area contributed by atoms with Crippen LogP contribution in [0.4, 0.5) is 0 Å². The first-order chi connectivity index (χ1) is 8.95. The summed E-state index contributed by atoms with van der Waals surface area (Å²) >= 11 is 0. The van der Waals surface area contributed by atoms with Crippen molar-refractivity contribution < 1.29 is 0 Å². The number of fused-ring (bicyclic) bond motifs is 2. The number of hydrogen-bond donors (Lipinski definition) is 1. The van der Waals surface area contributed by atoms with Gasteiger partial charge < -0.3 is 5.73 Å². The van der Waals surface area contributed by atoms with Crippen LogP contribution < -0.4 is 5.73 Å². The van der Waals surface area contributed by atoms with Crippen LogP contribution in [-0.4, -0.2) is 6.04 Å². The second-order valence-corrected chi connectivity index (χ2v) is 8.82. The first kappa shape index (κ1) is 13.9. The fourth-order valence-corrected chi connectivity index (χ4v) is 5.85. The standard InChI is InChI=1S/C18H33N/c1-12-4-7-16(17(19)8-12)18(2,3)11-15-10-13-5-6-14(15)9-13/h12-17H,4-11,19H2,1-3H3. The summed E-state index contributed by atoms with van der Waals surface area (Å²) < 4.78 is 0. The van der Waals surface area contributed by atoms with Gasteiger partial charge in [0.15, 0.2) is 0 Å².